The Hall–Kier alpha value is -1.07. The minimum Gasteiger partial charge on any atom is -0.490 e. The van der Waals surface area contributed by atoms with E-state index in [1.807, 2.05) is 6.07 Å². The van der Waals surface area contributed by atoms with E-state index in [-0.39, 0.29) is 0 Å². The predicted molar refractivity (Wildman–Crippen MR) is 76.5 cm³/mol. The molecule has 0 saturated carbocycles. The highest BCUT2D eigenvalue weighted by Crippen LogP contribution is 2.33. The third kappa shape index (κ3) is 3.70. The van der Waals surface area contributed by atoms with Gasteiger partial charge in [-0.05, 0) is 37.9 Å². The summed E-state index contributed by atoms with van der Waals surface area (Å²) < 4.78 is 5.68. The predicted octanol–water partition coefficient (Wildman–Crippen LogP) is 3.04. The van der Waals surface area contributed by atoms with Crippen molar-refractivity contribution in [3.05, 3.63) is 15.8 Å². The number of carbonyl (C=O) groups is 1. The second-order valence-corrected chi connectivity index (χ2v) is 6.28. The third-order valence-electron chi connectivity index (χ3n) is 3.34. The number of nitrogens with zero attached hydrogens (tertiary/aromatic N) is 1. The lowest BCUT2D eigenvalue weighted by Crippen LogP contribution is -2.25. The Balaban J connectivity index is 1.95. The van der Waals surface area contributed by atoms with Crippen LogP contribution in [0.25, 0.3) is 0 Å². The Bertz CT molecular complexity index is 436. The largest absolute Gasteiger partial charge is 0.490 e. The summed E-state index contributed by atoms with van der Waals surface area (Å²) in [5, 5.41) is 9.19. The number of carboxylic acids is 1. The highest BCUT2D eigenvalue weighted by molar-refractivity contribution is 7.14. The fourth-order valence-electron chi connectivity index (χ4n) is 2.22. The monoisotopic (exact) mass is 283 g/mol. The molecule has 0 amide bonds. The van der Waals surface area contributed by atoms with Crippen LogP contribution in [0.5, 0.6) is 5.75 Å². The molecule has 1 aliphatic rings. The molecule has 0 atom stereocenters. The number of likely N-dealkylation sites (tertiary alicyclic amines) is 1. The number of carboxylic acid groups (broad SMARTS) is 1. The lowest BCUT2D eigenvalue weighted by Gasteiger charge is -2.14. The van der Waals surface area contributed by atoms with Gasteiger partial charge in [-0.25, -0.2) is 4.79 Å². The quantitative estimate of drug-likeness (QED) is 0.872. The number of thiophene rings is 1. The van der Waals surface area contributed by atoms with Gasteiger partial charge in [0.2, 0.25) is 0 Å². The van der Waals surface area contributed by atoms with Crippen LogP contribution in [0, 0.1) is 0 Å². The minimum atomic E-state index is -0.895. The molecule has 4 nitrogen and oxygen atoms in total. The van der Waals surface area contributed by atoms with Crippen LogP contribution in [-0.4, -0.2) is 42.2 Å². The molecule has 0 unspecified atom stereocenters. The van der Waals surface area contributed by atoms with Crippen molar-refractivity contribution in [3.63, 3.8) is 0 Å². The second kappa shape index (κ2) is 6.39. The van der Waals surface area contributed by atoms with Gasteiger partial charge < -0.3 is 9.84 Å². The van der Waals surface area contributed by atoms with Crippen molar-refractivity contribution in [2.24, 2.45) is 0 Å². The van der Waals surface area contributed by atoms with E-state index in [2.05, 4.69) is 18.7 Å². The summed E-state index contributed by atoms with van der Waals surface area (Å²) >= 11 is 1.32. The second-order valence-electron chi connectivity index (χ2n) is 5.20. The van der Waals surface area contributed by atoms with Crippen molar-refractivity contribution in [2.75, 3.05) is 26.2 Å². The molecular weight excluding hydrogens is 262 g/mol. The molecule has 0 aromatic carbocycles. The van der Waals surface area contributed by atoms with E-state index < -0.39 is 5.97 Å². The molecule has 2 heterocycles. The first kappa shape index (κ1) is 14.3. The van der Waals surface area contributed by atoms with Gasteiger partial charge in [0.15, 0.2) is 4.88 Å². The summed E-state index contributed by atoms with van der Waals surface area (Å²) in [6, 6.07) is 1.88. The molecule has 1 aromatic heterocycles. The van der Waals surface area contributed by atoms with E-state index in [1.54, 1.807) is 0 Å². The van der Waals surface area contributed by atoms with Gasteiger partial charge in [-0.2, -0.15) is 0 Å². The molecule has 0 bridgehead atoms. The van der Waals surface area contributed by atoms with Crippen molar-refractivity contribution in [3.8, 4) is 5.75 Å². The van der Waals surface area contributed by atoms with E-state index in [0.29, 0.717) is 23.2 Å². The van der Waals surface area contributed by atoms with Gasteiger partial charge in [-0.3, -0.25) is 4.90 Å². The minimum absolute atomic E-state index is 0.324. The first-order chi connectivity index (χ1) is 9.08. The van der Waals surface area contributed by atoms with Crippen LogP contribution in [0.1, 0.15) is 47.2 Å². The average Bonchev–Trinajstić information content (AvgIpc) is 2.97. The Labute approximate surface area is 118 Å². The molecule has 1 fully saturated rings. The van der Waals surface area contributed by atoms with E-state index in [4.69, 9.17) is 4.74 Å². The van der Waals surface area contributed by atoms with Gasteiger partial charge in [0, 0.05) is 11.4 Å². The molecule has 0 aliphatic carbocycles. The third-order valence-corrected chi connectivity index (χ3v) is 4.75. The van der Waals surface area contributed by atoms with E-state index in [0.717, 1.165) is 24.5 Å². The van der Waals surface area contributed by atoms with Crippen molar-refractivity contribution in [1.29, 1.82) is 0 Å². The Kier molecular flexibility index (Phi) is 4.82. The Morgan fingerprint density at radius 2 is 2.16 bits per heavy atom. The number of aromatic carboxylic acids is 1. The normalized spacial score (nSPS) is 16.2. The van der Waals surface area contributed by atoms with Gasteiger partial charge in [0.05, 0.1) is 0 Å². The summed E-state index contributed by atoms with van der Waals surface area (Å²) in [5.74, 6) is -0.0347. The first-order valence-electron chi connectivity index (χ1n) is 6.80. The molecular formula is C14H21NO3S. The van der Waals surface area contributed by atoms with Gasteiger partial charge in [-0.1, -0.05) is 13.8 Å². The first-order valence-corrected chi connectivity index (χ1v) is 7.61. The summed E-state index contributed by atoms with van der Waals surface area (Å²) in [6.45, 7) is 7.84. The van der Waals surface area contributed by atoms with Gasteiger partial charge in [0.1, 0.15) is 12.4 Å². The van der Waals surface area contributed by atoms with E-state index in [9.17, 15) is 9.90 Å². The SMILES string of the molecule is CC(C)c1cc(OCCN2CCCC2)c(C(=O)O)s1. The lowest BCUT2D eigenvalue weighted by molar-refractivity contribution is 0.0697. The maximum Gasteiger partial charge on any atom is 0.349 e. The fourth-order valence-corrected chi connectivity index (χ4v) is 3.17. The number of hydrogen-bond acceptors (Lipinski definition) is 4. The molecule has 1 N–H and O–H groups in total. The van der Waals surface area contributed by atoms with Crippen molar-refractivity contribution in [2.45, 2.75) is 32.6 Å². The number of hydrogen-bond donors (Lipinski definition) is 1. The topological polar surface area (TPSA) is 49.8 Å². The average molecular weight is 283 g/mol. The van der Waals surface area contributed by atoms with E-state index in [1.165, 1.54) is 24.2 Å². The molecule has 19 heavy (non-hydrogen) atoms. The Morgan fingerprint density at radius 1 is 1.47 bits per heavy atom. The van der Waals surface area contributed by atoms with Crippen LogP contribution in [0.4, 0.5) is 0 Å². The van der Waals surface area contributed by atoms with Crippen molar-refractivity contribution >= 4 is 17.3 Å². The zero-order valence-electron chi connectivity index (χ0n) is 11.5. The van der Waals surface area contributed by atoms with Gasteiger partial charge >= 0.3 is 5.97 Å². The summed E-state index contributed by atoms with van der Waals surface area (Å²) in [5.41, 5.74) is 0. The highest BCUT2D eigenvalue weighted by atomic mass is 32.1. The molecule has 1 saturated heterocycles. The molecule has 1 aromatic rings. The number of rotatable bonds is 6. The van der Waals surface area contributed by atoms with Crippen molar-refractivity contribution in [1.82, 2.24) is 4.90 Å². The lowest BCUT2D eigenvalue weighted by atomic mass is 10.2. The van der Waals surface area contributed by atoms with Crippen LogP contribution >= 0.6 is 11.3 Å². The van der Waals surface area contributed by atoms with Gasteiger partial charge in [0.25, 0.3) is 0 Å². The smallest absolute Gasteiger partial charge is 0.349 e. The Morgan fingerprint density at radius 3 is 2.74 bits per heavy atom. The summed E-state index contributed by atoms with van der Waals surface area (Å²) in [4.78, 5) is 14.9. The van der Waals surface area contributed by atoms with Crippen LogP contribution in [0.3, 0.4) is 0 Å². The van der Waals surface area contributed by atoms with E-state index >= 15 is 0 Å². The molecule has 1 aliphatic heterocycles. The molecule has 0 spiro atoms. The fraction of sp³-hybridized carbons (Fsp3) is 0.643. The molecule has 2 rings (SSSR count). The van der Waals surface area contributed by atoms with Crippen molar-refractivity contribution < 1.29 is 14.6 Å². The summed E-state index contributed by atoms with van der Waals surface area (Å²) in [7, 11) is 0. The molecule has 106 valence electrons. The molecule has 5 heteroatoms. The zero-order valence-corrected chi connectivity index (χ0v) is 12.3. The highest BCUT2D eigenvalue weighted by Gasteiger charge is 2.19. The van der Waals surface area contributed by atoms with Crippen LogP contribution < -0.4 is 4.74 Å². The maximum atomic E-state index is 11.2. The maximum absolute atomic E-state index is 11.2. The standard InChI is InChI=1S/C14H21NO3S/c1-10(2)12-9-11(13(19-12)14(16)17)18-8-7-15-5-3-4-6-15/h9-10H,3-8H2,1-2H3,(H,16,17). The van der Waals surface area contributed by atoms with Crippen LogP contribution in [-0.2, 0) is 0 Å². The molecule has 0 radical (unpaired) electrons. The summed E-state index contributed by atoms with van der Waals surface area (Å²) in [6.07, 6.45) is 2.52. The van der Waals surface area contributed by atoms with Crippen LogP contribution in [0.15, 0.2) is 6.07 Å². The number of ether oxygens (including phenoxy) is 1. The zero-order chi connectivity index (χ0) is 13.8. The van der Waals surface area contributed by atoms with Gasteiger partial charge in [-0.15, -0.1) is 11.3 Å². The van der Waals surface area contributed by atoms with Crippen LogP contribution in [0.2, 0.25) is 0 Å².